The molecule has 0 unspecified atom stereocenters. The van der Waals surface area contributed by atoms with Gasteiger partial charge in [-0.15, -0.1) is 0 Å². The van der Waals surface area contributed by atoms with Gasteiger partial charge in [0.25, 0.3) is 0 Å². The molecule has 0 bridgehead atoms. The largest absolute Gasteiger partial charge is 0.481 e. The second-order valence-electron chi connectivity index (χ2n) is 4.48. The number of aliphatic carboxylic acids is 1. The molecule has 0 spiro atoms. The first kappa shape index (κ1) is 14.0. The first-order valence-corrected chi connectivity index (χ1v) is 6.36. The third kappa shape index (κ3) is 4.78. The molecule has 1 aromatic rings. The summed E-state index contributed by atoms with van der Waals surface area (Å²) in [6.45, 7) is 4.14. The zero-order valence-corrected chi connectivity index (χ0v) is 11.2. The lowest BCUT2D eigenvalue weighted by molar-refractivity contribution is -0.137. The van der Waals surface area contributed by atoms with Crippen LogP contribution in [0.2, 0.25) is 5.02 Å². The van der Waals surface area contributed by atoms with Crippen LogP contribution in [0.5, 0.6) is 0 Å². The summed E-state index contributed by atoms with van der Waals surface area (Å²) in [5.41, 5.74) is 3.64. The van der Waals surface area contributed by atoms with Gasteiger partial charge in [-0.1, -0.05) is 24.1 Å². The first-order chi connectivity index (χ1) is 8.00. The lowest BCUT2D eigenvalue weighted by atomic mass is 10.0. The molecule has 1 rings (SSSR count). The fourth-order valence-electron chi connectivity index (χ4n) is 1.80. The van der Waals surface area contributed by atoms with E-state index in [4.69, 9.17) is 16.7 Å². The molecule has 0 atom stereocenters. The SMILES string of the molecule is Cc1cc(Cl)c(CCCCCC(=O)O)cc1C. The van der Waals surface area contributed by atoms with E-state index in [9.17, 15) is 4.79 Å². The molecule has 0 radical (unpaired) electrons. The van der Waals surface area contributed by atoms with E-state index < -0.39 is 5.97 Å². The number of carboxylic acids is 1. The van der Waals surface area contributed by atoms with Crippen molar-refractivity contribution in [1.82, 2.24) is 0 Å². The zero-order valence-electron chi connectivity index (χ0n) is 10.4. The molecule has 0 aliphatic carbocycles. The summed E-state index contributed by atoms with van der Waals surface area (Å²) in [4.78, 5) is 10.3. The molecule has 0 aliphatic rings. The number of halogens is 1. The number of carboxylic acid groups (broad SMARTS) is 1. The molecule has 94 valence electrons. The summed E-state index contributed by atoms with van der Waals surface area (Å²) < 4.78 is 0. The smallest absolute Gasteiger partial charge is 0.303 e. The second-order valence-corrected chi connectivity index (χ2v) is 4.89. The molecule has 0 heterocycles. The van der Waals surface area contributed by atoms with Crippen molar-refractivity contribution in [1.29, 1.82) is 0 Å². The minimum absolute atomic E-state index is 0.265. The predicted molar refractivity (Wildman–Crippen MR) is 70.7 cm³/mol. The van der Waals surface area contributed by atoms with E-state index in [0.717, 1.165) is 30.7 Å². The highest BCUT2D eigenvalue weighted by Gasteiger charge is 2.04. The molecule has 1 N–H and O–H groups in total. The standard InChI is InChI=1S/C14H19ClO2/c1-10-8-12(13(15)9-11(10)2)6-4-3-5-7-14(16)17/h8-9H,3-7H2,1-2H3,(H,16,17). The Hall–Kier alpha value is -1.02. The number of benzene rings is 1. The van der Waals surface area contributed by atoms with Crippen LogP contribution in [0, 0.1) is 13.8 Å². The van der Waals surface area contributed by atoms with Crippen molar-refractivity contribution < 1.29 is 9.90 Å². The highest BCUT2D eigenvalue weighted by atomic mass is 35.5. The minimum atomic E-state index is -0.714. The Bertz CT molecular complexity index is 399. The molecule has 1 aromatic carbocycles. The molecular formula is C14H19ClO2. The van der Waals surface area contributed by atoms with Gasteiger partial charge in [-0.3, -0.25) is 4.79 Å². The van der Waals surface area contributed by atoms with Crippen LogP contribution in [0.3, 0.4) is 0 Å². The summed E-state index contributed by atoms with van der Waals surface area (Å²) in [6, 6.07) is 4.14. The lowest BCUT2D eigenvalue weighted by Crippen LogP contribution is -1.95. The number of aryl methyl sites for hydroxylation is 3. The summed E-state index contributed by atoms with van der Waals surface area (Å²) in [5, 5.41) is 9.35. The Morgan fingerprint density at radius 2 is 1.82 bits per heavy atom. The molecule has 17 heavy (non-hydrogen) atoms. The van der Waals surface area contributed by atoms with Gasteiger partial charge in [0.1, 0.15) is 0 Å². The first-order valence-electron chi connectivity index (χ1n) is 5.98. The van der Waals surface area contributed by atoms with Gasteiger partial charge < -0.3 is 5.11 Å². The van der Waals surface area contributed by atoms with Crippen molar-refractivity contribution in [3.05, 3.63) is 33.8 Å². The third-order valence-electron chi connectivity index (χ3n) is 3.00. The highest BCUT2D eigenvalue weighted by molar-refractivity contribution is 6.31. The number of carbonyl (C=O) groups is 1. The van der Waals surface area contributed by atoms with Gasteiger partial charge in [-0.25, -0.2) is 0 Å². The van der Waals surface area contributed by atoms with Crippen LogP contribution in [0.25, 0.3) is 0 Å². The molecule has 0 amide bonds. The Labute approximate surface area is 108 Å². The molecule has 0 aliphatic heterocycles. The van der Waals surface area contributed by atoms with E-state index in [2.05, 4.69) is 19.9 Å². The molecule has 3 heteroatoms. The van der Waals surface area contributed by atoms with Crippen molar-refractivity contribution >= 4 is 17.6 Å². The molecule has 0 fully saturated rings. The maximum Gasteiger partial charge on any atom is 0.303 e. The van der Waals surface area contributed by atoms with Gasteiger partial charge in [0.2, 0.25) is 0 Å². The van der Waals surface area contributed by atoms with Gasteiger partial charge >= 0.3 is 5.97 Å². The summed E-state index contributed by atoms with van der Waals surface area (Å²) >= 11 is 6.17. The van der Waals surface area contributed by atoms with Crippen LogP contribution < -0.4 is 0 Å². The van der Waals surface area contributed by atoms with Gasteiger partial charge in [0.05, 0.1) is 0 Å². The van der Waals surface area contributed by atoms with Crippen molar-refractivity contribution in [2.75, 3.05) is 0 Å². The minimum Gasteiger partial charge on any atom is -0.481 e. The van der Waals surface area contributed by atoms with Crippen molar-refractivity contribution in [2.45, 2.75) is 46.0 Å². The molecule has 0 saturated carbocycles. The quantitative estimate of drug-likeness (QED) is 0.775. The van der Waals surface area contributed by atoms with E-state index in [1.807, 2.05) is 6.07 Å². The zero-order chi connectivity index (χ0) is 12.8. The molecule has 2 nitrogen and oxygen atoms in total. The van der Waals surface area contributed by atoms with Crippen LogP contribution in [0.15, 0.2) is 12.1 Å². The van der Waals surface area contributed by atoms with Crippen LogP contribution in [0.4, 0.5) is 0 Å². The number of unbranched alkanes of at least 4 members (excludes halogenated alkanes) is 2. The maximum absolute atomic E-state index is 10.3. The van der Waals surface area contributed by atoms with E-state index in [1.54, 1.807) is 0 Å². The second kappa shape index (κ2) is 6.65. The van der Waals surface area contributed by atoms with Crippen molar-refractivity contribution in [3.63, 3.8) is 0 Å². The Morgan fingerprint density at radius 3 is 2.47 bits per heavy atom. The Morgan fingerprint density at radius 1 is 1.18 bits per heavy atom. The van der Waals surface area contributed by atoms with E-state index in [0.29, 0.717) is 0 Å². The summed E-state index contributed by atoms with van der Waals surface area (Å²) in [5.74, 6) is -0.714. The van der Waals surface area contributed by atoms with Crippen LogP contribution in [0.1, 0.15) is 42.4 Å². The summed E-state index contributed by atoms with van der Waals surface area (Å²) in [6.07, 6.45) is 3.88. The Kier molecular flexibility index (Phi) is 5.49. The molecule has 0 aromatic heterocycles. The summed E-state index contributed by atoms with van der Waals surface area (Å²) in [7, 11) is 0. The lowest BCUT2D eigenvalue weighted by Gasteiger charge is -2.08. The fraction of sp³-hybridized carbons (Fsp3) is 0.500. The number of hydrogen-bond acceptors (Lipinski definition) is 1. The van der Waals surface area contributed by atoms with Crippen LogP contribution in [-0.2, 0) is 11.2 Å². The van der Waals surface area contributed by atoms with Crippen molar-refractivity contribution in [2.24, 2.45) is 0 Å². The van der Waals surface area contributed by atoms with Gasteiger partial charge in [-0.05, 0) is 55.9 Å². The fourth-order valence-corrected chi connectivity index (χ4v) is 2.11. The number of rotatable bonds is 6. The topological polar surface area (TPSA) is 37.3 Å². The van der Waals surface area contributed by atoms with E-state index in [-0.39, 0.29) is 6.42 Å². The average molecular weight is 255 g/mol. The van der Waals surface area contributed by atoms with Gasteiger partial charge in [0, 0.05) is 11.4 Å². The Balaban J connectivity index is 2.41. The molecule has 0 saturated heterocycles. The highest BCUT2D eigenvalue weighted by Crippen LogP contribution is 2.22. The number of hydrogen-bond donors (Lipinski definition) is 1. The average Bonchev–Trinajstić information content (AvgIpc) is 2.24. The predicted octanol–water partition coefficient (Wildman–Crippen LogP) is 4.14. The third-order valence-corrected chi connectivity index (χ3v) is 3.35. The maximum atomic E-state index is 10.3. The van der Waals surface area contributed by atoms with E-state index >= 15 is 0 Å². The van der Waals surface area contributed by atoms with Crippen LogP contribution in [-0.4, -0.2) is 11.1 Å². The molecular weight excluding hydrogens is 236 g/mol. The van der Waals surface area contributed by atoms with Crippen molar-refractivity contribution in [3.8, 4) is 0 Å². The van der Waals surface area contributed by atoms with Crippen LogP contribution >= 0.6 is 11.6 Å². The normalized spacial score (nSPS) is 10.5. The van der Waals surface area contributed by atoms with E-state index in [1.165, 1.54) is 16.7 Å². The van der Waals surface area contributed by atoms with Gasteiger partial charge in [-0.2, -0.15) is 0 Å². The monoisotopic (exact) mass is 254 g/mol. The van der Waals surface area contributed by atoms with Gasteiger partial charge in [0.15, 0.2) is 0 Å².